The van der Waals surface area contributed by atoms with Crippen LogP contribution < -0.4 is 11.1 Å². The SMILES string of the molecule is Cc1cc(C(=O)Nc2cc(Br)ccc2F)cc(N)n1. The molecule has 0 aliphatic carbocycles. The molecule has 2 aromatic rings. The highest BCUT2D eigenvalue weighted by molar-refractivity contribution is 9.10. The average molecular weight is 324 g/mol. The van der Waals surface area contributed by atoms with Gasteiger partial charge in [-0.3, -0.25) is 4.79 Å². The van der Waals surface area contributed by atoms with Crippen LogP contribution in [0, 0.1) is 12.7 Å². The van der Waals surface area contributed by atoms with Crippen molar-refractivity contribution in [3.63, 3.8) is 0 Å². The maximum Gasteiger partial charge on any atom is 0.255 e. The van der Waals surface area contributed by atoms with E-state index in [0.717, 1.165) is 0 Å². The first-order valence-corrected chi connectivity index (χ1v) is 6.25. The number of rotatable bonds is 2. The second-order valence-electron chi connectivity index (χ2n) is 4.00. The van der Waals surface area contributed by atoms with Crippen LogP contribution in [-0.2, 0) is 0 Å². The average Bonchev–Trinajstić information content (AvgIpc) is 2.32. The molecule has 0 saturated carbocycles. The fourth-order valence-electron chi connectivity index (χ4n) is 1.61. The zero-order valence-corrected chi connectivity index (χ0v) is 11.7. The molecule has 1 aromatic heterocycles. The molecule has 0 fully saturated rings. The molecule has 98 valence electrons. The van der Waals surface area contributed by atoms with Crippen LogP contribution in [0.25, 0.3) is 0 Å². The van der Waals surface area contributed by atoms with Gasteiger partial charge in [0, 0.05) is 15.7 Å². The Morgan fingerprint density at radius 3 is 2.79 bits per heavy atom. The molecule has 2 rings (SSSR count). The maximum atomic E-state index is 13.5. The summed E-state index contributed by atoms with van der Waals surface area (Å²) in [4.78, 5) is 16.0. The number of nitrogens with one attached hydrogen (secondary N) is 1. The van der Waals surface area contributed by atoms with Crippen molar-refractivity contribution in [3.8, 4) is 0 Å². The number of aryl methyl sites for hydroxylation is 1. The van der Waals surface area contributed by atoms with Crippen molar-refractivity contribution in [2.45, 2.75) is 6.92 Å². The van der Waals surface area contributed by atoms with Crippen molar-refractivity contribution >= 4 is 33.3 Å². The second-order valence-corrected chi connectivity index (χ2v) is 4.92. The lowest BCUT2D eigenvalue weighted by Gasteiger charge is -2.08. The first-order valence-electron chi connectivity index (χ1n) is 5.46. The molecule has 0 radical (unpaired) electrons. The Hall–Kier alpha value is -1.95. The third-order valence-corrected chi connectivity index (χ3v) is 2.91. The fourth-order valence-corrected chi connectivity index (χ4v) is 1.97. The molecule has 1 heterocycles. The van der Waals surface area contributed by atoms with Gasteiger partial charge in [0.1, 0.15) is 11.6 Å². The van der Waals surface area contributed by atoms with E-state index in [4.69, 9.17) is 5.73 Å². The number of carbonyl (C=O) groups is 1. The van der Waals surface area contributed by atoms with Gasteiger partial charge in [0.05, 0.1) is 5.69 Å². The fraction of sp³-hybridized carbons (Fsp3) is 0.0769. The van der Waals surface area contributed by atoms with E-state index in [1.807, 2.05) is 0 Å². The summed E-state index contributed by atoms with van der Waals surface area (Å²) in [5.74, 6) is -0.690. The smallest absolute Gasteiger partial charge is 0.255 e. The van der Waals surface area contributed by atoms with Crippen LogP contribution in [0.2, 0.25) is 0 Å². The minimum atomic E-state index is -0.504. The molecule has 0 bridgehead atoms. The molecule has 6 heteroatoms. The van der Waals surface area contributed by atoms with E-state index in [0.29, 0.717) is 15.7 Å². The highest BCUT2D eigenvalue weighted by atomic mass is 79.9. The zero-order valence-electron chi connectivity index (χ0n) is 10.1. The summed E-state index contributed by atoms with van der Waals surface area (Å²) in [5.41, 5.74) is 6.64. The summed E-state index contributed by atoms with van der Waals surface area (Å²) in [6.45, 7) is 1.73. The Morgan fingerprint density at radius 2 is 2.11 bits per heavy atom. The lowest BCUT2D eigenvalue weighted by atomic mass is 10.2. The van der Waals surface area contributed by atoms with E-state index in [-0.39, 0.29) is 11.5 Å². The number of nitrogens with zero attached hydrogens (tertiary/aromatic N) is 1. The highest BCUT2D eigenvalue weighted by Crippen LogP contribution is 2.21. The van der Waals surface area contributed by atoms with Crippen LogP contribution in [-0.4, -0.2) is 10.9 Å². The standard InChI is InChI=1S/C13H11BrFN3O/c1-7-4-8(5-12(16)17-7)13(19)18-11-6-9(14)2-3-10(11)15/h2-6H,1H3,(H2,16,17)(H,18,19). The number of pyridine rings is 1. The van der Waals surface area contributed by atoms with E-state index >= 15 is 0 Å². The molecule has 0 aliphatic heterocycles. The topological polar surface area (TPSA) is 68.0 Å². The van der Waals surface area contributed by atoms with Crippen LogP contribution in [0.3, 0.4) is 0 Å². The van der Waals surface area contributed by atoms with E-state index in [1.165, 1.54) is 18.2 Å². The van der Waals surface area contributed by atoms with Crippen molar-refractivity contribution in [1.29, 1.82) is 0 Å². The molecule has 1 amide bonds. The number of amides is 1. The van der Waals surface area contributed by atoms with Gasteiger partial charge in [-0.15, -0.1) is 0 Å². The number of anilines is 2. The number of nitrogen functional groups attached to an aromatic ring is 1. The Labute approximate surface area is 118 Å². The molecule has 4 nitrogen and oxygen atoms in total. The van der Waals surface area contributed by atoms with Crippen molar-refractivity contribution in [2.24, 2.45) is 0 Å². The van der Waals surface area contributed by atoms with Gasteiger partial charge >= 0.3 is 0 Å². The van der Waals surface area contributed by atoms with E-state index in [1.54, 1.807) is 19.1 Å². The van der Waals surface area contributed by atoms with Crippen molar-refractivity contribution in [3.05, 3.63) is 51.9 Å². The maximum absolute atomic E-state index is 13.5. The largest absolute Gasteiger partial charge is 0.384 e. The molecule has 0 saturated heterocycles. The van der Waals surface area contributed by atoms with Crippen molar-refractivity contribution in [2.75, 3.05) is 11.1 Å². The Bertz CT molecular complexity index is 626. The lowest BCUT2D eigenvalue weighted by molar-refractivity contribution is 0.102. The summed E-state index contributed by atoms with van der Waals surface area (Å²) in [7, 11) is 0. The third kappa shape index (κ3) is 3.29. The first-order chi connectivity index (χ1) is 8.95. The molecule has 0 aliphatic rings. The van der Waals surface area contributed by atoms with E-state index in [2.05, 4.69) is 26.2 Å². The minimum absolute atomic E-state index is 0.104. The Balaban J connectivity index is 2.28. The summed E-state index contributed by atoms with van der Waals surface area (Å²) >= 11 is 3.22. The summed E-state index contributed by atoms with van der Waals surface area (Å²) in [6, 6.07) is 7.34. The van der Waals surface area contributed by atoms with Gasteiger partial charge in [-0.1, -0.05) is 15.9 Å². The predicted octanol–water partition coefficient (Wildman–Crippen LogP) is 3.13. The van der Waals surface area contributed by atoms with Gasteiger partial charge in [-0.25, -0.2) is 9.37 Å². The van der Waals surface area contributed by atoms with Gasteiger partial charge in [0.15, 0.2) is 0 Å². The van der Waals surface area contributed by atoms with Gasteiger partial charge in [-0.05, 0) is 37.3 Å². The van der Waals surface area contributed by atoms with Gasteiger partial charge in [0.2, 0.25) is 0 Å². The number of benzene rings is 1. The number of hydrogen-bond donors (Lipinski definition) is 2. The molecule has 19 heavy (non-hydrogen) atoms. The molecule has 3 N–H and O–H groups in total. The Morgan fingerprint density at radius 1 is 1.37 bits per heavy atom. The Kier molecular flexibility index (Phi) is 3.80. The number of nitrogens with two attached hydrogens (primary N) is 1. The van der Waals surface area contributed by atoms with Crippen molar-refractivity contribution in [1.82, 2.24) is 4.98 Å². The molecular formula is C13H11BrFN3O. The van der Waals surface area contributed by atoms with Gasteiger partial charge in [-0.2, -0.15) is 0 Å². The van der Waals surface area contributed by atoms with Crippen LogP contribution in [0.15, 0.2) is 34.8 Å². The molecular weight excluding hydrogens is 313 g/mol. The zero-order chi connectivity index (χ0) is 14.0. The molecule has 0 spiro atoms. The lowest BCUT2D eigenvalue weighted by Crippen LogP contribution is -2.14. The number of halogens is 2. The van der Waals surface area contributed by atoms with Crippen LogP contribution in [0.4, 0.5) is 15.9 Å². The van der Waals surface area contributed by atoms with Crippen molar-refractivity contribution < 1.29 is 9.18 Å². The summed E-state index contributed by atoms with van der Waals surface area (Å²) < 4.78 is 14.2. The molecule has 1 aromatic carbocycles. The van der Waals surface area contributed by atoms with Crippen LogP contribution in [0.1, 0.15) is 16.1 Å². The predicted molar refractivity (Wildman–Crippen MR) is 75.4 cm³/mol. The van der Waals surface area contributed by atoms with Crippen LogP contribution >= 0.6 is 15.9 Å². The van der Waals surface area contributed by atoms with E-state index < -0.39 is 11.7 Å². The normalized spacial score (nSPS) is 10.3. The molecule has 0 atom stereocenters. The number of carbonyl (C=O) groups excluding carboxylic acids is 1. The number of aromatic nitrogens is 1. The quantitative estimate of drug-likeness (QED) is 0.892. The second kappa shape index (κ2) is 5.36. The van der Waals surface area contributed by atoms with Gasteiger partial charge < -0.3 is 11.1 Å². The van der Waals surface area contributed by atoms with Gasteiger partial charge in [0.25, 0.3) is 5.91 Å². The minimum Gasteiger partial charge on any atom is -0.384 e. The monoisotopic (exact) mass is 323 g/mol. The third-order valence-electron chi connectivity index (χ3n) is 2.41. The summed E-state index contributed by atoms with van der Waals surface area (Å²) in [5, 5.41) is 2.49. The van der Waals surface area contributed by atoms with E-state index in [9.17, 15) is 9.18 Å². The highest BCUT2D eigenvalue weighted by Gasteiger charge is 2.11. The van der Waals surface area contributed by atoms with Crippen LogP contribution in [0.5, 0.6) is 0 Å². The number of hydrogen-bond acceptors (Lipinski definition) is 3. The molecule has 0 unspecified atom stereocenters. The summed E-state index contributed by atoms with van der Waals surface area (Å²) in [6.07, 6.45) is 0. The first kappa shape index (κ1) is 13.5.